The lowest BCUT2D eigenvalue weighted by atomic mass is 10.3. The summed E-state index contributed by atoms with van der Waals surface area (Å²) in [4.78, 5) is 14.3. The normalized spacial score (nSPS) is 14.3. The van der Waals surface area contributed by atoms with Crippen molar-refractivity contribution < 1.29 is 4.79 Å². The fourth-order valence-electron chi connectivity index (χ4n) is 2.11. The predicted molar refractivity (Wildman–Crippen MR) is 66.9 cm³/mol. The molecule has 1 amide bonds. The molecular weight excluding hydrogens is 228 g/mol. The molecule has 0 N–H and O–H groups in total. The molecule has 5 heteroatoms. The highest BCUT2D eigenvalue weighted by atomic mass is 16.2. The molecule has 0 atom stereocenters. The monoisotopic (exact) mass is 246 g/mol. The molecule has 1 fully saturated rings. The third-order valence-electron chi connectivity index (χ3n) is 3.13. The number of carbonyl (C=O) groups excluding carboxylic acids is 1. The van der Waals surface area contributed by atoms with E-state index in [0.29, 0.717) is 31.2 Å². The van der Waals surface area contributed by atoms with Crippen LogP contribution in [0.25, 0.3) is 0 Å². The molecule has 1 aromatic rings. The highest BCUT2D eigenvalue weighted by Crippen LogP contribution is 2.28. The minimum Gasteiger partial charge on any atom is -0.333 e. The molecule has 0 aliphatic heterocycles. The van der Waals surface area contributed by atoms with Crippen LogP contribution >= 0.6 is 0 Å². The van der Waals surface area contributed by atoms with E-state index in [1.165, 1.54) is 0 Å². The first-order valence-corrected chi connectivity index (χ1v) is 6.39. The Balaban J connectivity index is 2.19. The van der Waals surface area contributed by atoms with Gasteiger partial charge < -0.3 is 4.90 Å². The first-order chi connectivity index (χ1) is 8.67. The molecule has 1 aliphatic rings. The lowest BCUT2D eigenvalue weighted by Gasteiger charge is -2.21. The van der Waals surface area contributed by atoms with E-state index in [2.05, 4.69) is 11.2 Å². The second-order valence-electron chi connectivity index (χ2n) is 4.62. The summed E-state index contributed by atoms with van der Waals surface area (Å²) < 4.78 is 1.74. The summed E-state index contributed by atoms with van der Waals surface area (Å²) in [7, 11) is 0. The van der Waals surface area contributed by atoms with Crippen LogP contribution in [0.15, 0.2) is 6.07 Å². The van der Waals surface area contributed by atoms with Gasteiger partial charge in [0.15, 0.2) is 0 Å². The summed E-state index contributed by atoms with van der Waals surface area (Å²) in [5, 5.41) is 13.0. The van der Waals surface area contributed by atoms with Crippen molar-refractivity contribution in [2.24, 2.45) is 0 Å². The molecule has 0 spiro atoms. The SMILES string of the molecule is CCn1nc(C)cc1C(=O)N(CCC#N)C1CC1. The lowest BCUT2D eigenvalue weighted by molar-refractivity contribution is 0.0734. The molecule has 0 unspecified atom stereocenters. The molecule has 1 aliphatic carbocycles. The number of amides is 1. The van der Waals surface area contributed by atoms with E-state index in [4.69, 9.17) is 5.26 Å². The van der Waals surface area contributed by atoms with Gasteiger partial charge in [-0.3, -0.25) is 9.48 Å². The Kier molecular flexibility index (Phi) is 3.66. The number of nitrogens with zero attached hydrogens (tertiary/aromatic N) is 4. The standard InChI is InChI=1S/C13H18N4O/c1-3-17-12(9-10(2)15-17)13(18)16(8-4-7-14)11-5-6-11/h9,11H,3-6,8H2,1-2H3. The first kappa shape index (κ1) is 12.6. The Bertz CT molecular complexity index is 482. The number of rotatable bonds is 5. The molecule has 0 saturated heterocycles. The van der Waals surface area contributed by atoms with Gasteiger partial charge in [-0.25, -0.2) is 0 Å². The van der Waals surface area contributed by atoms with Crippen LogP contribution in [0.3, 0.4) is 0 Å². The van der Waals surface area contributed by atoms with Crippen molar-refractivity contribution in [3.8, 4) is 6.07 Å². The van der Waals surface area contributed by atoms with Crippen LogP contribution in [0, 0.1) is 18.3 Å². The van der Waals surface area contributed by atoms with Crippen molar-refractivity contribution in [2.75, 3.05) is 6.54 Å². The zero-order valence-corrected chi connectivity index (χ0v) is 10.9. The molecule has 1 saturated carbocycles. The van der Waals surface area contributed by atoms with Crippen LogP contribution in [-0.2, 0) is 6.54 Å². The highest BCUT2D eigenvalue weighted by molar-refractivity contribution is 5.93. The zero-order valence-electron chi connectivity index (χ0n) is 10.9. The second-order valence-corrected chi connectivity index (χ2v) is 4.62. The molecular formula is C13H18N4O. The molecule has 2 rings (SSSR count). The maximum Gasteiger partial charge on any atom is 0.272 e. The third-order valence-corrected chi connectivity index (χ3v) is 3.13. The minimum absolute atomic E-state index is 0.00944. The molecule has 18 heavy (non-hydrogen) atoms. The molecule has 96 valence electrons. The van der Waals surface area contributed by atoms with Gasteiger partial charge in [-0.05, 0) is 32.8 Å². The van der Waals surface area contributed by atoms with Crippen LogP contribution in [-0.4, -0.2) is 33.2 Å². The fraction of sp³-hybridized carbons (Fsp3) is 0.615. The number of aromatic nitrogens is 2. The molecule has 1 aromatic heterocycles. The van der Waals surface area contributed by atoms with E-state index in [1.54, 1.807) is 4.68 Å². The lowest BCUT2D eigenvalue weighted by Crippen LogP contribution is -2.35. The number of carbonyl (C=O) groups is 1. The highest BCUT2D eigenvalue weighted by Gasteiger charge is 2.33. The Morgan fingerprint density at radius 3 is 2.94 bits per heavy atom. The van der Waals surface area contributed by atoms with E-state index >= 15 is 0 Å². The van der Waals surface area contributed by atoms with Crippen LogP contribution in [0.2, 0.25) is 0 Å². The van der Waals surface area contributed by atoms with Gasteiger partial charge in [0, 0.05) is 19.1 Å². The molecule has 0 bridgehead atoms. The van der Waals surface area contributed by atoms with Crippen LogP contribution < -0.4 is 0 Å². The third kappa shape index (κ3) is 2.53. The summed E-state index contributed by atoms with van der Waals surface area (Å²) >= 11 is 0. The summed E-state index contributed by atoms with van der Waals surface area (Å²) in [6, 6.07) is 4.26. The van der Waals surface area contributed by atoms with E-state index in [0.717, 1.165) is 18.5 Å². The van der Waals surface area contributed by atoms with Gasteiger partial charge in [0.2, 0.25) is 0 Å². The topological polar surface area (TPSA) is 61.9 Å². The first-order valence-electron chi connectivity index (χ1n) is 6.39. The van der Waals surface area contributed by atoms with Crippen molar-refractivity contribution in [1.82, 2.24) is 14.7 Å². The van der Waals surface area contributed by atoms with Crippen molar-refractivity contribution in [1.29, 1.82) is 5.26 Å². The summed E-state index contributed by atoms with van der Waals surface area (Å²) in [6.45, 7) is 5.07. The maximum atomic E-state index is 12.5. The second kappa shape index (κ2) is 5.21. The average molecular weight is 246 g/mol. The minimum atomic E-state index is 0.00944. The Morgan fingerprint density at radius 1 is 1.67 bits per heavy atom. The molecule has 5 nitrogen and oxygen atoms in total. The van der Waals surface area contributed by atoms with E-state index in [1.807, 2.05) is 24.8 Å². The predicted octanol–water partition coefficient (Wildman–Crippen LogP) is 1.73. The quantitative estimate of drug-likeness (QED) is 0.794. The fourth-order valence-corrected chi connectivity index (χ4v) is 2.11. The van der Waals surface area contributed by atoms with E-state index in [-0.39, 0.29) is 5.91 Å². The van der Waals surface area contributed by atoms with Gasteiger partial charge in [0.25, 0.3) is 5.91 Å². The molecule has 1 heterocycles. The summed E-state index contributed by atoms with van der Waals surface area (Å²) in [5.41, 5.74) is 1.50. The van der Waals surface area contributed by atoms with Gasteiger partial charge >= 0.3 is 0 Å². The van der Waals surface area contributed by atoms with Gasteiger partial charge in [-0.15, -0.1) is 0 Å². The van der Waals surface area contributed by atoms with Crippen molar-refractivity contribution >= 4 is 5.91 Å². The van der Waals surface area contributed by atoms with E-state index < -0.39 is 0 Å². The van der Waals surface area contributed by atoms with Crippen molar-refractivity contribution in [2.45, 2.75) is 45.7 Å². The van der Waals surface area contributed by atoms with Crippen LogP contribution in [0.4, 0.5) is 0 Å². The van der Waals surface area contributed by atoms with Crippen molar-refractivity contribution in [3.63, 3.8) is 0 Å². The number of hydrogen-bond acceptors (Lipinski definition) is 3. The van der Waals surface area contributed by atoms with Gasteiger partial charge in [-0.2, -0.15) is 10.4 Å². The Morgan fingerprint density at radius 2 is 2.39 bits per heavy atom. The van der Waals surface area contributed by atoms with Gasteiger partial charge in [-0.1, -0.05) is 0 Å². The molecule has 0 aromatic carbocycles. The van der Waals surface area contributed by atoms with Gasteiger partial charge in [0.1, 0.15) is 5.69 Å². The smallest absolute Gasteiger partial charge is 0.272 e. The van der Waals surface area contributed by atoms with Crippen LogP contribution in [0.1, 0.15) is 42.4 Å². The number of hydrogen-bond donors (Lipinski definition) is 0. The largest absolute Gasteiger partial charge is 0.333 e. The Hall–Kier alpha value is -1.83. The number of aryl methyl sites for hydroxylation is 2. The number of nitriles is 1. The van der Waals surface area contributed by atoms with Crippen LogP contribution in [0.5, 0.6) is 0 Å². The van der Waals surface area contributed by atoms with Gasteiger partial charge in [0.05, 0.1) is 18.2 Å². The summed E-state index contributed by atoms with van der Waals surface area (Å²) in [5.74, 6) is 0.00944. The van der Waals surface area contributed by atoms with E-state index in [9.17, 15) is 4.79 Å². The average Bonchev–Trinajstić information content (AvgIpc) is 3.12. The van der Waals surface area contributed by atoms with Crippen molar-refractivity contribution in [3.05, 3.63) is 17.5 Å². The Labute approximate surface area is 107 Å². The molecule has 0 radical (unpaired) electrons. The maximum absolute atomic E-state index is 12.5. The summed E-state index contributed by atoms with van der Waals surface area (Å²) in [6.07, 6.45) is 2.49. The zero-order chi connectivity index (χ0) is 13.1.